The van der Waals surface area contributed by atoms with Crippen molar-refractivity contribution in [2.75, 3.05) is 32.7 Å². The molecule has 0 N–H and O–H groups in total. The fourth-order valence-electron chi connectivity index (χ4n) is 3.13. The van der Waals surface area contributed by atoms with E-state index in [2.05, 4.69) is 28.9 Å². The second-order valence-electron chi connectivity index (χ2n) is 7.00. The van der Waals surface area contributed by atoms with Gasteiger partial charge in [-0.2, -0.15) is 4.98 Å². The summed E-state index contributed by atoms with van der Waals surface area (Å²) in [6.07, 6.45) is 0. The first kappa shape index (κ1) is 18.4. The summed E-state index contributed by atoms with van der Waals surface area (Å²) < 4.78 is 10.7. The molecule has 140 valence electrons. The fraction of sp³-hybridized carbons (Fsp3) is 0.526. The van der Waals surface area contributed by atoms with Gasteiger partial charge in [-0.15, -0.1) is 0 Å². The van der Waals surface area contributed by atoms with Gasteiger partial charge in [0.2, 0.25) is 11.7 Å². The van der Waals surface area contributed by atoms with Crippen molar-refractivity contribution in [3.8, 4) is 5.75 Å². The predicted octanol–water partition coefficient (Wildman–Crippen LogP) is 2.37. The number of piperazine rings is 1. The third-order valence-corrected chi connectivity index (χ3v) is 4.33. The van der Waals surface area contributed by atoms with E-state index in [1.807, 2.05) is 17.0 Å². The Balaban J connectivity index is 1.62. The third kappa shape index (κ3) is 4.60. The number of amides is 1. The van der Waals surface area contributed by atoms with Crippen LogP contribution in [0.5, 0.6) is 5.75 Å². The van der Waals surface area contributed by atoms with E-state index in [4.69, 9.17) is 9.26 Å². The Kier molecular flexibility index (Phi) is 5.88. The molecule has 1 aromatic carbocycles. The van der Waals surface area contributed by atoms with Crippen molar-refractivity contribution >= 4 is 5.91 Å². The van der Waals surface area contributed by atoms with Gasteiger partial charge < -0.3 is 14.2 Å². The molecule has 3 rings (SSSR count). The van der Waals surface area contributed by atoms with Crippen LogP contribution in [0.25, 0.3) is 0 Å². The number of nitrogens with zero attached hydrogens (tertiary/aromatic N) is 4. The van der Waals surface area contributed by atoms with Crippen LogP contribution in [0.4, 0.5) is 0 Å². The van der Waals surface area contributed by atoms with Gasteiger partial charge in [0, 0.05) is 39.6 Å². The van der Waals surface area contributed by atoms with Crippen molar-refractivity contribution < 1.29 is 14.1 Å². The Morgan fingerprint density at radius 3 is 2.62 bits per heavy atom. The van der Waals surface area contributed by atoms with E-state index >= 15 is 0 Å². The number of carbonyl (C=O) groups excluding carboxylic acids is 1. The molecule has 2 aromatic rings. The number of rotatable bonds is 6. The molecule has 1 aliphatic heterocycles. The summed E-state index contributed by atoms with van der Waals surface area (Å²) in [5.41, 5.74) is 0.574. The summed E-state index contributed by atoms with van der Waals surface area (Å²) in [5.74, 6) is 2.15. The number of carbonyl (C=O) groups is 1. The Morgan fingerprint density at radius 2 is 1.96 bits per heavy atom. The Morgan fingerprint density at radius 1 is 1.23 bits per heavy atom. The molecule has 0 radical (unpaired) electrons. The first-order valence-corrected chi connectivity index (χ1v) is 9.05. The van der Waals surface area contributed by atoms with Gasteiger partial charge in [-0.05, 0) is 18.1 Å². The SMILES string of the molecule is Cc1nc(COc2ccccc2C(=O)N2CCN(CC(C)C)CC2)no1. The maximum Gasteiger partial charge on any atom is 0.257 e. The van der Waals surface area contributed by atoms with E-state index in [9.17, 15) is 4.79 Å². The molecule has 1 aromatic heterocycles. The van der Waals surface area contributed by atoms with Crippen molar-refractivity contribution in [2.24, 2.45) is 5.92 Å². The van der Waals surface area contributed by atoms with E-state index < -0.39 is 0 Å². The predicted molar refractivity (Wildman–Crippen MR) is 97.0 cm³/mol. The summed E-state index contributed by atoms with van der Waals surface area (Å²) in [5, 5.41) is 3.82. The third-order valence-electron chi connectivity index (χ3n) is 4.33. The number of hydrogen-bond acceptors (Lipinski definition) is 6. The lowest BCUT2D eigenvalue weighted by molar-refractivity contribution is 0.0619. The van der Waals surface area contributed by atoms with Gasteiger partial charge in [0.1, 0.15) is 5.75 Å². The number of benzene rings is 1. The van der Waals surface area contributed by atoms with Crippen LogP contribution in [-0.2, 0) is 6.61 Å². The summed E-state index contributed by atoms with van der Waals surface area (Å²) in [7, 11) is 0. The van der Waals surface area contributed by atoms with E-state index in [0.717, 1.165) is 32.7 Å². The van der Waals surface area contributed by atoms with Crippen molar-refractivity contribution in [3.05, 3.63) is 41.5 Å². The molecule has 1 amide bonds. The lowest BCUT2D eigenvalue weighted by Gasteiger charge is -2.35. The second kappa shape index (κ2) is 8.31. The zero-order valence-corrected chi connectivity index (χ0v) is 15.6. The zero-order chi connectivity index (χ0) is 18.5. The number of aromatic nitrogens is 2. The van der Waals surface area contributed by atoms with Crippen molar-refractivity contribution in [1.82, 2.24) is 19.9 Å². The lowest BCUT2D eigenvalue weighted by atomic mass is 10.1. The molecule has 0 bridgehead atoms. The zero-order valence-electron chi connectivity index (χ0n) is 15.6. The van der Waals surface area contributed by atoms with Crippen LogP contribution in [0.1, 0.15) is 35.9 Å². The van der Waals surface area contributed by atoms with Crippen molar-refractivity contribution in [1.29, 1.82) is 0 Å². The molecule has 1 fully saturated rings. The monoisotopic (exact) mass is 358 g/mol. The fourth-order valence-corrected chi connectivity index (χ4v) is 3.13. The molecule has 1 aliphatic rings. The van der Waals surface area contributed by atoms with E-state index in [1.54, 1.807) is 19.1 Å². The molecular weight excluding hydrogens is 332 g/mol. The van der Waals surface area contributed by atoms with E-state index in [1.165, 1.54) is 0 Å². The smallest absolute Gasteiger partial charge is 0.257 e. The number of ether oxygens (including phenoxy) is 1. The molecule has 0 atom stereocenters. The second-order valence-corrected chi connectivity index (χ2v) is 7.00. The quantitative estimate of drug-likeness (QED) is 0.789. The molecule has 7 nitrogen and oxygen atoms in total. The maximum atomic E-state index is 12.9. The van der Waals surface area contributed by atoms with E-state index in [0.29, 0.717) is 28.9 Å². The molecule has 0 unspecified atom stereocenters. The summed E-state index contributed by atoms with van der Waals surface area (Å²) in [4.78, 5) is 21.4. The molecule has 7 heteroatoms. The van der Waals surface area contributed by atoms with Gasteiger partial charge in [-0.25, -0.2) is 0 Å². The highest BCUT2D eigenvalue weighted by atomic mass is 16.5. The molecule has 0 saturated carbocycles. The topological polar surface area (TPSA) is 71.7 Å². The molecule has 0 spiro atoms. The van der Waals surface area contributed by atoms with Gasteiger partial charge in [-0.1, -0.05) is 31.1 Å². The van der Waals surface area contributed by atoms with Crippen LogP contribution in [0.2, 0.25) is 0 Å². The Bertz CT molecular complexity index is 736. The minimum Gasteiger partial charge on any atom is -0.485 e. The van der Waals surface area contributed by atoms with Gasteiger partial charge >= 0.3 is 0 Å². The van der Waals surface area contributed by atoms with Crippen LogP contribution >= 0.6 is 0 Å². The molecule has 0 aliphatic carbocycles. The largest absolute Gasteiger partial charge is 0.485 e. The van der Waals surface area contributed by atoms with Crippen LogP contribution in [0.3, 0.4) is 0 Å². The molecule has 1 saturated heterocycles. The van der Waals surface area contributed by atoms with Crippen LogP contribution < -0.4 is 4.74 Å². The highest BCUT2D eigenvalue weighted by Gasteiger charge is 2.24. The number of para-hydroxylation sites is 1. The Hall–Kier alpha value is -2.41. The summed E-state index contributed by atoms with van der Waals surface area (Å²) in [6, 6.07) is 7.32. The Labute approximate surface area is 153 Å². The van der Waals surface area contributed by atoms with Crippen LogP contribution in [-0.4, -0.2) is 58.6 Å². The highest BCUT2D eigenvalue weighted by molar-refractivity contribution is 5.97. The maximum absolute atomic E-state index is 12.9. The normalized spacial score (nSPS) is 15.5. The van der Waals surface area contributed by atoms with Crippen molar-refractivity contribution in [3.63, 3.8) is 0 Å². The van der Waals surface area contributed by atoms with Crippen LogP contribution in [0, 0.1) is 12.8 Å². The van der Waals surface area contributed by atoms with E-state index in [-0.39, 0.29) is 12.5 Å². The first-order valence-electron chi connectivity index (χ1n) is 9.05. The summed E-state index contributed by atoms with van der Waals surface area (Å²) in [6.45, 7) is 10.7. The van der Waals surface area contributed by atoms with Gasteiger partial charge in [0.15, 0.2) is 6.61 Å². The average molecular weight is 358 g/mol. The van der Waals surface area contributed by atoms with Gasteiger partial charge in [0.25, 0.3) is 5.91 Å². The van der Waals surface area contributed by atoms with Crippen molar-refractivity contribution in [2.45, 2.75) is 27.4 Å². The molecular formula is C19H26N4O3. The molecule has 2 heterocycles. The number of hydrogen-bond donors (Lipinski definition) is 0. The minimum absolute atomic E-state index is 0.00842. The van der Waals surface area contributed by atoms with Gasteiger partial charge in [0.05, 0.1) is 5.56 Å². The number of aryl methyl sites for hydroxylation is 1. The minimum atomic E-state index is 0.00842. The standard InChI is InChI=1S/C19H26N4O3/c1-14(2)12-22-8-10-23(11-9-22)19(24)16-6-4-5-7-17(16)25-13-18-20-15(3)26-21-18/h4-7,14H,8-13H2,1-3H3. The first-order chi connectivity index (χ1) is 12.5. The molecule has 26 heavy (non-hydrogen) atoms. The highest BCUT2D eigenvalue weighted by Crippen LogP contribution is 2.21. The lowest BCUT2D eigenvalue weighted by Crippen LogP contribution is -2.49. The summed E-state index contributed by atoms with van der Waals surface area (Å²) >= 11 is 0. The van der Waals surface area contributed by atoms with Crippen LogP contribution in [0.15, 0.2) is 28.8 Å². The average Bonchev–Trinajstić information content (AvgIpc) is 3.05. The van der Waals surface area contributed by atoms with Gasteiger partial charge in [-0.3, -0.25) is 9.69 Å².